The number of halogens is 1. The van der Waals surface area contributed by atoms with Crippen LogP contribution in [0.4, 0.5) is 0 Å². The highest BCUT2D eigenvalue weighted by molar-refractivity contribution is 6.30. The normalized spacial score (nSPS) is 11.2. The Balaban J connectivity index is 1.85. The van der Waals surface area contributed by atoms with Crippen LogP contribution < -0.4 is 14.2 Å². The molecule has 0 amide bonds. The van der Waals surface area contributed by atoms with Crippen LogP contribution in [-0.2, 0) is 4.79 Å². The fraction of sp³-hybridized carbons (Fsp3) is 0.138. The molecule has 0 aliphatic rings. The molecule has 0 saturated carbocycles. The van der Waals surface area contributed by atoms with Gasteiger partial charge in [0.15, 0.2) is 11.5 Å². The number of carbonyl (C=O) groups excluding carboxylic acids is 1. The first kappa shape index (κ1) is 26.1. The highest BCUT2D eigenvalue weighted by Crippen LogP contribution is 2.31. The molecule has 7 heteroatoms. The lowest BCUT2D eigenvalue weighted by Crippen LogP contribution is -2.11. The number of methoxy groups -OCH3 is 1. The quantitative estimate of drug-likeness (QED) is 0.107. The van der Waals surface area contributed by atoms with Crippen LogP contribution in [0.2, 0.25) is 5.02 Å². The third-order valence-electron chi connectivity index (χ3n) is 5.00. The Bertz CT molecular complexity index is 1380. The molecule has 0 atom stereocenters. The van der Waals surface area contributed by atoms with Crippen molar-refractivity contribution < 1.29 is 19.0 Å². The van der Waals surface area contributed by atoms with E-state index < -0.39 is 5.97 Å². The molecule has 0 spiro atoms. The van der Waals surface area contributed by atoms with Gasteiger partial charge in [-0.25, -0.2) is 4.79 Å². The monoisotopic (exact) mass is 498 g/mol. The van der Waals surface area contributed by atoms with E-state index >= 15 is 0 Å². The largest absolute Gasteiger partial charge is 0.493 e. The Morgan fingerprint density at radius 3 is 2.36 bits per heavy atom. The minimum Gasteiger partial charge on any atom is -0.493 e. The highest BCUT2D eigenvalue weighted by atomic mass is 35.5. The van der Waals surface area contributed by atoms with E-state index in [1.807, 2.05) is 19.1 Å². The molecule has 0 aliphatic carbocycles. The van der Waals surface area contributed by atoms with Crippen LogP contribution in [0.3, 0.4) is 0 Å². The zero-order chi connectivity index (χ0) is 25.9. The van der Waals surface area contributed by atoms with Gasteiger partial charge in [0, 0.05) is 10.6 Å². The Morgan fingerprint density at radius 2 is 1.69 bits per heavy atom. The van der Waals surface area contributed by atoms with Gasteiger partial charge in [0.05, 0.1) is 25.4 Å². The number of esters is 1. The van der Waals surface area contributed by atoms with Crippen LogP contribution in [0.15, 0.2) is 72.3 Å². The van der Waals surface area contributed by atoms with Crippen molar-refractivity contribution in [2.24, 2.45) is 0 Å². The number of para-hydroxylation sites is 1. The van der Waals surface area contributed by atoms with Crippen LogP contribution in [0.1, 0.15) is 30.0 Å². The second-order valence-corrected chi connectivity index (χ2v) is 7.97. The maximum atomic E-state index is 12.8. The fourth-order valence-corrected chi connectivity index (χ4v) is 3.35. The van der Waals surface area contributed by atoms with Crippen LogP contribution in [0.5, 0.6) is 17.2 Å². The van der Waals surface area contributed by atoms with E-state index in [4.69, 9.17) is 25.8 Å². The third kappa shape index (κ3) is 6.76. The Hall–Kier alpha value is -4.52. The molecule has 0 radical (unpaired) electrons. The number of nitrogens with zero attached hydrogens (tertiary/aromatic N) is 2. The predicted molar refractivity (Wildman–Crippen MR) is 139 cm³/mol. The summed E-state index contributed by atoms with van der Waals surface area (Å²) >= 11 is 5.93. The lowest BCUT2D eigenvalue weighted by Gasteiger charge is -2.11. The van der Waals surface area contributed by atoms with Crippen molar-refractivity contribution in [3.05, 3.63) is 94.0 Å². The molecule has 3 aromatic carbocycles. The first-order valence-electron chi connectivity index (χ1n) is 11.1. The van der Waals surface area contributed by atoms with E-state index in [0.717, 1.165) is 6.42 Å². The summed E-state index contributed by atoms with van der Waals surface area (Å²) in [6.45, 7) is 2.50. The van der Waals surface area contributed by atoms with E-state index in [1.165, 1.54) is 13.2 Å². The van der Waals surface area contributed by atoms with Gasteiger partial charge in [-0.1, -0.05) is 54.9 Å². The molecule has 0 saturated heterocycles. The second kappa shape index (κ2) is 12.8. The van der Waals surface area contributed by atoms with Gasteiger partial charge in [-0.05, 0) is 60.0 Å². The number of nitriles is 2. The number of ether oxygens (including phenoxy) is 3. The summed E-state index contributed by atoms with van der Waals surface area (Å²) in [6.07, 6.45) is 3.94. The van der Waals surface area contributed by atoms with Gasteiger partial charge in [-0.15, -0.1) is 0 Å². The first-order chi connectivity index (χ1) is 17.5. The summed E-state index contributed by atoms with van der Waals surface area (Å²) in [5.74, 6) is 0.154. The average molecular weight is 499 g/mol. The van der Waals surface area contributed by atoms with Gasteiger partial charge in [0.2, 0.25) is 0 Å². The molecule has 0 unspecified atom stereocenters. The van der Waals surface area contributed by atoms with E-state index in [0.29, 0.717) is 39.6 Å². The molecule has 3 aromatic rings. The molecule has 0 N–H and O–H groups in total. The van der Waals surface area contributed by atoms with Crippen LogP contribution in [0.25, 0.3) is 17.7 Å². The number of rotatable bonds is 9. The maximum absolute atomic E-state index is 12.8. The summed E-state index contributed by atoms with van der Waals surface area (Å²) in [5, 5.41) is 19.8. The lowest BCUT2D eigenvalue weighted by atomic mass is 10.0. The van der Waals surface area contributed by atoms with Crippen LogP contribution in [-0.4, -0.2) is 19.7 Å². The molecule has 180 valence electrons. The van der Waals surface area contributed by atoms with Gasteiger partial charge >= 0.3 is 5.97 Å². The summed E-state index contributed by atoms with van der Waals surface area (Å²) in [5.41, 5.74) is 2.21. The minimum atomic E-state index is -0.830. The maximum Gasteiger partial charge on any atom is 0.354 e. The van der Waals surface area contributed by atoms with Crippen molar-refractivity contribution in [1.82, 2.24) is 0 Å². The summed E-state index contributed by atoms with van der Waals surface area (Å²) in [4.78, 5) is 12.8. The summed E-state index contributed by atoms with van der Waals surface area (Å²) < 4.78 is 16.6. The molecular weight excluding hydrogens is 476 g/mol. The zero-order valence-corrected chi connectivity index (χ0v) is 20.6. The number of carbonyl (C=O) groups is 1. The summed E-state index contributed by atoms with van der Waals surface area (Å²) in [6, 6.07) is 23.0. The van der Waals surface area contributed by atoms with Crippen LogP contribution >= 0.6 is 11.6 Å². The van der Waals surface area contributed by atoms with Crippen molar-refractivity contribution in [2.45, 2.75) is 13.3 Å². The van der Waals surface area contributed by atoms with Crippen LogP contribution in [0, 0.1) is 22.7 Å². The molecule has 0 heterocycles. The predicted octanol–water partition coefficient (Wildman–Crippen LogP) is 6.71. The third-order valence-corrected chi connectivity index (χ3v) is 5.25. The van der Waals surface area contributed by atoms with Crippen molar-refractivity contribution >= 4 is 35.3 Å². The highest BCUT2D eigenvalue weighted by Gasteiger charge is 2.16. The van der Waals surface area contributed by atoms with Crippen molar-refractivity contribution in [3.63, 3.8) is 0 Å². The average Bonchev–Trinajstić information content (AvgIpc) is 2.90. The van der Waals surface area contributed by atoms with Gasteiger partial charge < -0.3 is 14.2 Å². The van der Waals surface area contributed by atoms with E-state index in [2.05, 4.69) is 6.07 Å². The molecule has 6 nitrogen and oxygen atoms in total. The Kier molecular flexibility index (Phi) is 9.28. The van der Waals surface area contributed by atoms with Crippen molar-refractivity contribution in [2.75, 3.05) is 13.7 Å². The summed E-state index contributed by atoms with van der Waals surface area (Å²) in [7, 11) is 1.44. The number of hydrogen-bond acceptors (Lipinski definition) is 6. The van der Waals surface area contributed by atoms with Crippen molar-refractivity contribution in [1.29, 1.82) is 10.5 Å². The topological polar surface area (TPSA) is 92.3 Å². The standard InChI is InChI=1S/C29H23ClN2O4/c1-3-14-35-26-7-5-4-6-22(26)17-24(19-32)29(33)36-27-13-8-20(16-28(27)34-2)15-23(18-31)21-9-11-25(30)12-10-21/h4-13,15-17H,3,14H2,1-2H3/b23-15+,24-17+. The molecular formula is C29H23ClN2O4. The van der Waals surface area contributed by atoms with E-state index in [-0.39, 0.29) is 17.1 Å². The molecule has 3 rings (SSSR count). The molecule has 36 heavy (non-hydrogen) atoms. The molecule has 0 fully saturated rings. The van der Waals surface area contributed by atoms with Gasteiger partial charge in [-0.3, -0.25) is 0 Å². The van der Waals surface area contributed by atoms with E-state index in [9.17, 15) is 15.3 Å². The number of hydrogen-bond donors (Lipinski definition) is 0. The SMILES string of the molecule is CCCOc1ccccc1/C=C(\C#N)C(=O)Oc1ccc(/C=C(\C#N)c2ccc(Cl)cc2)cc1OC. The van der Waals surface area contributed by atoms with Gasteiger partial charge in [0.1, 0.15) is 17.4 Å². The van der Waals surface area contributed by atoms with Gasteiger partial charge in [-0.2, -0.15) is 10.5 Å². The molecule has 0 aromatic heterocycles. The Labute approximate surface area is 215 Å². The molecule has 0 bridgehead atoms. The number of allylic oxidation sites excluding steroid dienone is 1. The van der Waals surface area contributed by atoms with Crippen molar-refractivity contribution in [3.8, 4) is 29.4 Å². The number of benzene rings is 3. The lowest BCUT2D eigenvalue weighted by molar-refractivity contribution is -0.129. The smallest absolute Gasteiger partial charge is 0.354 e. The molecule has 0 aliphatic heterocycles. The van der Waals surface area contributed by atoms with Gasteiger partial charge in [0.25, 0.3) is 0 Å². The Morgan fingerprint density at radius 1 is 0.944 bits per heavy atom. The first-order valence-corrected chi connectivity index (χ1v) is 11.5. The zero-order valence-electron chi connectivity index (χ0n) is 19.8. The second-order valence-electron chi connectivity index (χ2n) is 7.53. The fourth-order valence-electron chi connectivity index (χ4n) is 3.22. The minimum absolute atomic E-state index is 0.140. The van der Waals surface area contributed by atoms with E-state index in [1.54, 1.807) is 66.7 Å².